The van der Waals surface area contributed by atoms with Crippen molar-refractivity contribution in [1.29, 1.82) is 5.26 Å². The summed E-state index contributed by atoms with van der Waals surface area (Å²) >= 11 is 3.22. The second-order valence-corrected chi connectivity index (χ2v) is 7.04. The van der Waals surface area contributed by atoms with E-state index in [0.717, 1.165) is 10.5 Å². The van der Waals surface area contributed by atoms with E-state index in [0.29, 0.717) is 0 Å². The molecule has 0 heterocycles. The van der Waals surface area contributed by atoms with E-state index < -0.39 is 21.4 Å². The molecule has 0 saturated heterocycles. The van der Waals surface area contributed by atoms with Crippen LogP contribution in [0.3, 0.4) is 0 Å². The Bertz CT molecular complexity index is 780. The van der Waals surface area contributed by atoms with Gasteiger partial charge in [-0.3, -0.25) is 0 Å². The molecular formula is C14H9BrFNO2S. The van der Waals surface area contributed by atoms with Crippen molar-refractivity contribution >= 4 is 25.8 Å². The first-order valence-corrected chi connectivity index (χ1v) is 8.04. The van der Waals surface area contributed by atoms with E-state index in [1.54, 1.807) is 18.2 Å². The van der Waals surface area contributed by atoms with Crippen LogP contribution in [0.1, 0.15) is 11.1 Å². The summed E-state index contributed by atoms with van der Waals surface area (Å²) in [5.74, 6) is -1.13. The molecule has 3 nitrogen and oxygen atoms in total. The standard InChI is InChI=1S/C14H9BrFNO2S/c15-12-3-5-13(6-4-12)20(18,19)9-11-2-1-10(8-17)7-14(11)16/h1-7H,9H2. The lowest BCUT2D eigenvalue weighted by atomic mass is 10.1. The van der Waals surface area contributed by atoms with Crippen molar-refractivity contribution in [3.05, 3.63) is 63.9 Å². The van der Waals surface area contributed by atoms with Crippen molar-refractivity contribution in [2.75, 3.05) is 0 Å². The molecule has 0 N–H and O–H groups in total. The SMILES string of the molecule is N#Cc1ccc(CS(=O)(=O)c2ccc(Br)cc2)c(F)c1. The van der Waals surface area contributed by atoms with Gasteiger partial charge in [0.15, 0.2) is 9.84 Å². The van der Waals surface area contributed by atoms with Crippen molar-refractivity contribution < 1.29 is 12.8 Å². The van der Waals surface area contributed by atoms with Crippen LogP contribution < -0.4 is 0 Å². The molecule has 0 aliphatic rings. The molecule has 102 valence electrons. The topological polar surface area (TPSA) is 57.9 Å². The predicted octanol–water partition coefficient (Wildman–Crippen LogP) is 3.43. The molecular weight excluding hydrogens is 345 g/mol. The van der Waals surface area contributed by atoms with E-state index >= 15 is 0 Å². The van der Waals surface area contributed by atoms with Crippen LogP contribution in [0.5, 0.6) is 0 Å². The lowest BCUT2D eigenvalue weighted by Crippen LogP contribution is -2.06. The first-order chi connectivity index (χ1) is 9.42. The number of benzene rings is 2. The van der Waals surface area contributed by atoms with E-state index in [1.807, 2.05) is 0 Å². The number of halogens is 2. The van der Waals surface area contributed by atoms with Crippen LogP contribution in [0.2, 0.25) is 0 Å². The van der Waals surface area contributed by atoms with E-state index in [9.17, 15) is 12.8 Å². The summed E-state index contributed by atoms with van der Waals surface area (Å²) in [5.41, 5.74) is 0.208. The molecule has 0 fully saturated rings. The molecule has 2 rings (SSSR count). The van der Waals surface area contributed by atoms with Crippen LogP contribution >= 0.6 is 15.9 Å². The maximum Gasteiger partial charge on any atom is 0.182 e. The number of nitriles is 1. The fourth-order valence-electron chi connectivity index (χ4n) is 1.66. The zero-order chi connectivity index (χ0) is 14.8. The highest BCUT2D eigenvalue weighted by Crippen LogP contribution is 2.21. The van der Waals surface area contributed by atoms with Gasteiger partial charge >= 0.3 is 0 Å². The van der Waals surface area contributed by atoms with Gasteiger partial charge in [0.1, 0.15) is 5.82 Å². The van der Waals surface area contributed by atoms with Gasteiger partial charge in [-0.05, 0) is 36.4 Å². The molecule has 0 aliphatic heterocycles. The molecule has 0 radical (unpaired) electrons. The van der Waals surface area contributed by atoms with E-state index in [4.69, 9.17) is 5.26 Å². The highest BCUT2D eigenvalue weighted by Gasteiger charge is 2.17. The summed E-state index contributed by atoms with van der Waals surface area (Å²) in [5, 5.41) is 8.65. The molecule has 0 aromatic heterocycles. The molecule has 0 amide bonds. The van der Waals surface area contributed by atoms with Crippen LogP contribution in [0.15, 0.2) is 51.8 Å². The molecule has 0 unspecified atom stereocenters. The van der Waals surface area contributed by atoms with Crippen LogP contribution in [0.25, 0.3) is 0 Å². The van der Waals surface area contributed by atoms with E-state index in [-0.39, 0.29) is 16.0 Å². The van der Waals surface area contributed by atoms with Gasteiger partial charge in [-0.25, -0.2) is 12.8 Å². The zero-order valence-electron chi connectivity index (χ0n) is 10.2. The monoisotopic (exact) mass is 353 g/mol. The normalized spacial score (nSPS) is 11.1. The minimum atomic E-state index is -3.62. The number of hydrogen-bond donors (Lipinski definition) is 0. The highest BCUT2D eigenvalue weighted by atomic mass is 79.9. The van der Waals surface area contributed by atoms with Gasteiger partial charge in [-0.1, -0.05) is 22.0 Å². The van der Waals surface area contributed by atoms with E-state index in [2.05, 4.69) is 15.9 Å². The van der Waals surface area contributed by atoms with Gasteiger partial charge < -0.3 is 0 Å². The maximum absolute atomic E-state index is 13.7. The van der Waals surface area contributed by atoms with Gasteiger partial charge in [0.2, 0.25) is 0 Å². The molecule has 0 bridgehead atoms. The van der Waals surface area contributed by atoms with Crippen LogP contribution in [0.4, 0.5) is 4.39 Å². The van der Waals surface area contributed by atoms with Crippen molar-refractivity contribution in [2.24, 2.45) is 0 Å². The van der Waals surface area contributed by atoms with Crippen LogP contribution in [-0.4, -0.2) is 8.42 Å². The largest absolute Gasteiger partial charge is 0.223 e. The summed E-state index contributed by atoms with van der Waals surface area (Å²) in [6.07, 6.45) is 0. The molecule has 20 heavy (non-hydrogen) atoms. The van der Waals surface area contributed by atoms with Gasteiger partial charge in [0.25, 0.3) is 0 Å². The van der Waals surface area contributed by atoms with Crippen LogP contribution in [-0.2, 0) is 15.6 Å². The fourth-order valence-corrected chi connectivity index (χ4v) is 3.29. The lowest BCUT2D eigenvalue weighted by molar-refractivity contribution is 0.587. The zero-order valence-corrected chi connectivity index (χ0v) is 12.6. The number of rotatable bonds is 3. The van der Waals surface area contributed by atoms with Crippen molar-refractivity contribution in [2.45, 2.75) is 10.6 Å². The number of sulfone groups is 1. The molecule has 0 atom stereocenters. The third-order valence-corrected chi connectivity index (χ3v) is 4.91. The maximum atomic E-state index is 13.7. The van der Waals surface area contributed by atoms with Gasteiger partial charge in [0, 0.05) is 10.0 Å². The lowest BCUT2D eigenvalue weighted by Gasteiger charge is -2.06. The third-order valence-electron chi connectivity index (χ3n) is 2.70. The first kappa shape index (κ1) is 14.7. The Morgan fingerprint density at radius 2 is 1.80 bits per heavy atom. The smallest absolute Gasteiger partial charge is 0.182 e. The minimum absolute atomic E-state index is 0.0481. The van der Waals surface area contributed by atoms with Crippen molar-refractivity contribution in [3.8, 4) is 6.07 Å². The average molecular weight is 354 g/mol. The Labute approximate surface area is 124 Å². The van der Waals surface area contributed by atoms with Crippen molar-refractivity contribution in [3.63, 3.8) is 0 Å². The van der Waals surface area contributed by atoms with Crippen LogP contribution in [0, 0.1) is 17.1 Å². The first-order valence-electron chi connectivity index (χ1n) is 5.59. The predicted molar refractivity (Wildman–Crippen MR) is 76.1 cm³/mol. The fraction of sp³-hybridized carbons (Fsp3) is 0.0714. The Morgan fingerprint density at radius 3 is 2.35 bits per heavy atom. The Balaban J connectivity index is 2.34. The third kappa shape index (κ3) is 3.24. The summed E-state index contributed by atoms with van der Waals surface area (Å²) < 4.78 is 38.8. The number of hydrogen-bond acceptors (Lipinski definition) is 3. The highest BCUT2D eigenvalue weighted by molar-refractivity contribution is 9.10. The molecule has 6 heteroatoms. The second-order valence-electron chi connectivity index (χ2n) is 4.13. The molecule has 0 spiro atoms. The van der Waals surface area contributed by atoms with E-state index in [1.165, 1.54) is 24.3 Å². The van der Waals surface area contributed by atoms with Gasteiger partial charge in [0.05, 0.1) is 22.3 Å². The molecule has 0 saturated carbocycles. The van der Waals surface area contributed by atoms with Gasteiger partial charge in [-0.2, -0.15) is 5.26 Å². The Hall–Kier alpha value is -1.71. The Morgan fingerprint density at radius 1 is 1.15 bits per heavy atom. The number of nitrogens with zero attached hydrogens (tertiary/aromatic N) is 1. The van der Waals surface area contributed by atoms with Gasteiger partial charge in [-0.15, -0.1) is 0 Å². The quantitative estimate of drug-likeness (QED) is 0.849. The molecule has 0 aliphatic carbocycles. The molecule has 2 aromatic rings. The second kappa shape index (κ2) is 5.73. The Kier molecular flexibility index (Phi) is 4.21. The molecule has 2 aromatic carbocycles. The summed E-state index contributed by atoms with van der Waals surface area (Å²) in [6, 6.07) is 11.7. The summed E-state index contributed by atoms with van der Waals surface area (Å²) in [7, 11) is -3.62. The minimum Gasteiger partial charge on any atom is -0.223 e. The van der Waals surface area contributed by atoms with Crippen molar-refractivity contribution in [1.82, 2.24) is 0 Å². The summed E-state index contributed by atoms with van der Waals surface area (Å²) in [6.45, 7) is 0. The summed E-state index contributed by atoms with van der Waals surface area (Å²) in [4.78, 5) is 0.129. The average Bonchev–Trinajstić information content (AvgIpc) is 2.41.